The van der Waals surface area contributed by atoms with Crippen LogP contribution in [0.15, 0.2) is 42.7 Å². The maximum atomic E-state index is 13.2. The Hall–Kier alpha value is -2.93. The molecule has 0 bridgehead atoms. The number of fused-ring (bicyclic) bond motifs is 2. The van der Waals surface area contributed by atoms with Crippen LogP contribution in [0.5, 0.6) is 5.75 Å². The van der Waals surface area contributed by atoms with Gasteiger partial charge in [0.25, 0.3) is 0 Å². The van der Waals surface area contributed by atoms with E-state index >= 15 is 0 Å². The third-order valence-corrected chi connectivity index (χ3v) is 7.12. The predicted molar refractivity (Wildman–Crippen MR) is 118 cm³/mol. The van der Waals surface area contributed by atoms with Gasteiger partial charge >= 0.3 is 0 Å². The molecule has 2 fully saturated rings. The van der Waals surface area contributed by atoms with Crippen molar-refractivity contribution in [3.05, 3.63) is 59.4 Å². The zero-order chi connectivity index (χ0) is 22.1. The van der Waals surface area contributed by atoms with E-state index in [4.69, 9.17) is 9.47 Å². The lowest BCUT2D eigenvalue weighted by atomic mass is 9.79. The molecule has 1 unspecified atom stereocenters. The topological polar surface area (TPSA) is 72.0 Å². The molecule has 1 aromatic heterocycles. The van der Waals surface area contributed by atoms with E-state index < -0.39 is 0 Å². The Kier molecular flexibility index (Phi) is 5.59. The van der Waals surface area contributed by atoms with Crippen LogP contribution in [0, 0.1) is 5.92 Å². The van der Waals surface area contributed by atoms with Gasteiger partial charge in [0.05, 0.1) is 25.2 Å². The van der Waals surface area contributed by atoms with Crippen molar-refractivity contribution >= 4 is 11.8 Å². The molecule has 0 saturated carbocycles. The Balaban J connectivity index is 1.23. The highest BCUT2D eigenvalue weighted by Crippen LogP contribution is 2.42. The molecule has 7 nitrogen and oxygen atoms in total. The molecular weight excluding hydrogens is 406 g/mol. The minimum atomic E-state index is -0.324. The quantitative estimate of drug-likeness (QED) is 0.738. The van der Waals surface area contributed by atoms with Crippen LogP contribution in [-0.2, 0) is 32.9 Å². The number of carbonyl (C=O) groups excluding carboxylic acids is 2. The maximum Gasteiger partial charge on any atom is 0.227 e. The molecule has 1 atom stereocenters. The molecule has 5 rings (SSSR count). The maximum absolute atomic E-state index is 13.2. The molecule has 168 valence electrons. The van der Waals surface area contributed by atoms with Gasteiger partial charge in [-0.15, -0.1) is 0 Å². The number of pyridine rings is 1. The average molecular weight is 436 g/mol. The van der Waals surface area contributed by atoms with E-state index in [1.807, 2.05) is 23.1 Å². The van der Waals surface area contributed by atoms with E-state index in [1.165, 1.54) is 11.1 Å². The van der Waals surface area contributed by atoms with Gasteiger partial charge in [-0.05, 0) is 60.2 Å². The Morgan fingerprint density at radius 1 is 1.22 bits per heavy atom. The van der Waals surface area contributed by atoms with E-state index in [1.54, 1.807) is 24.4 Å². The first-order valence-electron chi connectivity index (χ1n) is 11.3. The molecule has 2 aromatic rings. The third kappa shape index (κ3) is 3.86. The van der Waals surface area contributed by atoms with E-state index in [9.17, 15) is 9.59 Å². The summed E-state index contributed by atoms with van der Waals surface area (Å²) in [7, 11) is 1.69. The van der Waals surface area contributed by atoms with E-state index in [0.29, 0.717) is 39.2 Å². The number of aromatic nitrogens is 1. The van der Waals surface area contributed by atoms with Crippen LogP contribution >= 0.6 is 0 Å². The van der Waals surface area contributed by atoms with Crippen molar-refractivity contribution in [3.63, 3.8) is 0 Å². The number of carbonyl (C=O) groups is 2. The zero-order valence-corrected chi connectivity index (χ0v) is 18.5. The summed E-state index contributed by atoms with van der Waals surface area (Å²) in [6, 6.07) is 10.0. The van der Waals surface area contributed by atoms with Crippen LogP contribution in [0.2, 0.25) is 0 Å². The number of benzene rings is 1. The van der Waals surface area contributed by atoms with E-state index in [0.717, 1.165) is 30.6 Å². The Labute approximate surface area is 188 Å². The van der Waals surface area contributed by atoms with Crippen LogP contribution in [-0.4, -0.2) is 59.9 Å². The van der Waals surface area contributed by atoms with Crippen molar-refractivity contribution in [2.45, 2.75) is 37.8 Å². The molecular formula is C25H29N3O4. The van der Waals surface area contributed by atoms with Gasteiger partial charge in [0.1, 0.15) is 5.75 Å². The number of nitrogens with zero attached hydrogens (tertiary/aromatic N) is 3. The lowest BCUT2D eigenvalue weighted by Gasteiger charge is -2.45. The Morgan fingerprint density at radius 3 is 2.75 bits per heavy atom. The van der Waals surface area contributed by atoms with Gasteiger partial charge in [0.15, 0.2) is 0 Å². The van der Waals surface area contributed by atoms with Gasteiger partial charge in [-0.25, -0.2) is 0 Å². The molecule has 3 aliphatic rings. The van der Waals surface area contributed by atoms with Crippen LogP contribution in [0.3, 0.4) is 0 Å². The van der Waals surface area contributed by atoms with Gasteiger partial charge in [-0.2, -0.15) is 0 Å². The number of rotatable bonds is 4. The third-order valence-electron chi connectivity index (χ3n) is 7.12. The number of hydrogen-bond acceptors (Lipinski definition) is 5. The second kappa shape index (κ2) is 8.54. The van der Waals surface area contributed by atoms with Crippen molar-refractivity contribution in [3.8, 4) is 5.75 Å². The Bertz CT molecular complexity index is 1000. The molecule has 4 heterocycles. The molecule has 32 heavy (non-hydrogen) atoms. The summed E-state index contributed by atoms with van der Waals surface area (Å²) in [6.07, 6.45) is 6.19. The average Bonchev–Trinajstić information content (AvgIpc) is 3.19. The second-order valence-electron chi connectivity index (χ2n) is 8.97. The van der Waals surface area contributed by atoms with Gasteiger partial charge in [0.2, 0.25) is 11.8 Å². The van der Waals surface area contributed by atoms with E-state index in [2.05, 4.69) is 17.1 Å². The number of hydrogen-bond donors (Lipinski definition) is 0. The van der Waals surface area contributed by atoms with E-state index in [-0.39, 0.29) is 23.3 Å². The summed E-state index contributed by atoms with van der Waals surface area (Å²) >= 11 is 0. The zero-order valence-electron chi connectivity index (χ0n) is 18.5. The predicted octanol–water partition coefficient (Wildman–Crippen LogP) is 2.53. The normalized spacial score (nSPS) is 22.2. The minimum Gasteiger partial charge on any atom is -0.497 e. The fraction of sp³-hybridized carbons (Fsp3) is 0.480. The van der Waals surface area contributed by atoms with Gasteiger partial charge in [0, 0.05) is 45.0 Å². The smallest absolute Gasteiger partial charge is 0.227 e. The number of likely N-dealkylation sites (tertiary alicyclic amines) is 2. The van der Waals surface area contributed by atoms with Crippen molar-refractivity contribution in [2.75, 3.05) is 33.4 Å². The summed E-state index contributed by atoms with van der Waals surface area (Å²) in [6.45, 7) is 3.01. The van der Waals surface area contributed by atoms with Gasteiger partial charge in [-0.3, -0.25) is 14.6 Å². The lowest BCUT2D eigenvalue weighted by Crippen LogP contribution is -2.50. The van der Waals surface area contributed by atoms with Crippen molar-refractivity contribution in [1.82, 2.24) is 14.8 Å². The Morgan fingerprint density at radius 2 is 2.00 bits per heavy atom. The first-order chi connectivity index (χ1) is 15.6. The minimum absolute atomic E-state index is 0.0483. The number of methoxy groups -OCH3 is 1. The molecule has 0 N–H and O–H groups in total. The van der Waals surface area contributed by atoms with Gasteiger partial charge < -0.3 is 19.3 Å². The molecule has 2 saturated heterocycles. The van der Waals surface area contributed by atoms with Gasteiger partial charge in [-0.1, -0.05) is 6.07 Å². The summed E-state index contributed by atoms with van der Waals surface area (Å²) in [5.41, 5.74) is 3.22. The first-order valence-corrected chi connectivity index (χ1v) is 11.3. The number of amides is 2. The summed E-state index contributed by atoms with van der Waals surface area (Å²) < 4.78 is 11.7. The molecule has 7 heteroatoms. The molecule has 1 spiro atoms. The van der Waals surface area contributed by atoms with Crippen LogP contribution in [0.1, 0.15) is 36.0 Å². The molecule has 0 aliphatic carbocycles. The summed E-state index contributed by atoms with van der Waals surface area (Å²) in [5.74, 6) is 0.751. The molecule has 0 radical (unpaired) electrons. The molecule has 1 aromatic carbocycles. The fourth-order valence-corrected chi connectivity index (χ4v) is 5.34. The fourth-order valence-electron chi connectivity index (χ4n) is 5.34. The standard InChI is InChI=1S/C25H29N3O4/c1-31-21-2-3-22-19(14-21)6-13-32-25(22)7-11-27(12-8-25)24(30)20-15-23(29)28(17-20)16-18-4-9-26-10-5-18/h2-5,9-10,14,20H,6-8,11-13,15-17H2,1H3. The SMILES string of the molecule is COc1ccc2c(c1)CCOC21CCN(C(=O)C2CC(=O)N(Cc3ccncc3)C2)CC1. The summed E-state index contributed by atoms with van der Waals surface area (Å²) in [4.78, 5) is 33.5. The van der Waals surface area contributed by atoms with Crippen molar-refractivity contribution in [2.24, 2.45) is 5.92 Å². The highest BCUT2D eigenvalue weighted by atomic mass is 16.5. The number of ether oxygens (including phenoxy) is 2. The first kappa shape index (κ1) is 20.9. The number of piperidine rings is 1. The second-order valence-corrected chi connectivity index (χ2v) is 8.97. The molecule has 2 amide bonds. The lowest BCUT2D eigenvalue weighted by molar-refractivity contribution is -0.144. The highest BCUT2D eigenvalue weighted by Gasteiger charge is 2.44. The highest BCUT2D eigenvalue weighted by molar-refractivity contribution is 5.89. The van der Waals surface area contributed by atoms with Crippen LogP contribution < -0.4 is 4.74 Å². The summed E-state index contributed by atoms with van der Waals surface area (Å²) in [5, 5.41) is 0. The molecule has 3 aliphatic heterocycles. The van der Waals surface area contributed by atoms with Crippen molar-refractivity contribution in [1.29, 1.82) is 0 Å². The largest absolute Gasteiger partial charge is 0.497 e. The van der Waals surface area contributed by atoms with Crippen LogP contribution in [0.25, 0.3) is 0 Å². The van der Waals surface area contributed by atoms with Crippen molar-refractivity contribution < 1.29 is 19.1 Å². The van der Waals surface area contributed by atoms with Crippen LogP contribution in [0.4, 0.5) is 0 Å². The monoisotopic (exact) mass is 435 g/mol.